The molecular weight excluding hydrogens is 335 g/mol. The fourth-order valence-corrected chi connectivity index (χ4v) is 2.90. The Labute approximate surface area is 142 Å². The number of rotatable bonds is 3. The molecule has 0 aromatic heterocycles. The summed E-state index contributed by atoms with van der Waals surface area (Å²) in [5, 5.41) is 11.4. The molecule has 7 heteroatoms. The monoisotopic (exact) mass is 348 g/mol. The molecule has 1 heterocycles. The molecule has 2 aromatic carbocycles. The molecule has 0 spiro atoms. The topological polar surface area (TPSA) is 69.6 Å². The molecular formula is C17H14ClFN2O3. The number of amides is 2. The first-order chi connectivity index (χ1) is 11.5. The molecule has 1 atom stereocenters. The summed E-state index contributed by atoms with van der Waals surface area (Å²) in [7, 11) is 0. The molecule has 2 aromatic rings. The fraction of sp³-hybridized carbons (Fsp3) is 0.176. The van der Waals surface area contributed by atoms with E-state index < -0.39 is 12.1 Å². The summed E-state index contributed by atoms with van der Waals surface area (Å²) in [6.07, 6.45) is -1.38. The third-order valence-electron chi connectivity index (χ3n) is 3.88. The maximum Gasteiger partial charge on any atom is 0.343 e. The van der Waals surface area contributed by atoms with E-state index in [0.717, 1.165) is 17.7 Å². The van der Waals surface area contributed by atoms with Crippen molar-refractivity contribution in [2.45, 2.75) is 12.6 Å². The van der Waals surface area contributed by atoms with Gasteiger partial charge in [0.1, 0.15) is 0 Å². The van der Waals surface area contributed by atoms with Gasteiger partial charge in [0, 0.05) is 12.2 Å². The lowest BCUT2D eigenvalue weighted by molar-refractivity contribution is -0.143. The molecule has 0 radical (unpaired) electrons. The zero-order valence-corrected chi connectivity index (χ0v) is 13.3. The Morgan fingerprint density at radius 3 is 2.71 bits per heavy atom. The van der Waals surface area contributed by atoms with Crippen molar-refractivity contribution >= 4 is 35.0 Å². The van der Waals surface area contributed by atoms with Gasteiger partial charge in [-0.1, -0.05) is 35.9 Å². The number of urea groups is 1. The minimum atomic E-state index is -2.15. The third kappa shape index (κ3) is 3.05. The van der Waals surface area contributed by atoms with E-state index in [2.05, 4.69) is 5.32 Å². The van der Waals surface area contributed by atoms with Gasteiger partial charge in [-0.3, -0.25) is 4.90 Å². The highest BCUT2D eigenvalue weighted by atomic mass is 35.5. The van der Waals surface area contributed by atoms with E-state index in [-0.39, 0.29) is 16.6 Å². The predicted molar refractivity (Wildman–Crippen MR) is 89.4 cm³/mol. The summed E-state index contributed by atoms with van der Waals surface area (Å²) < 4.78 is 13.5. The summed E-state index contributed by atoms with van der Waals surface area (Å²) in [5.41, 5.74) is 2.16. The zero-order chi connectivity index (χ0) is 17.3. The summed E-state index contributed by atoms with van der Waals surface area (Å²) >= 11 is 6.04. The number of halogens is 2. The second-order valence-electron chi connectivity index (χ2n) is 5.40. The van der Waals surface area contributed by atoms with Crippen LogP contribution in [0.1, 0.15) is 17.3 Å². The van der Waals surface area contributed by atoms with Crippen LogP contribution < -0.4 is 10.2 Å². The van der Waals surface area contributed by atoms with Crippen LogP contribution in [0.3, 0.4) is 0 Å². The summed E-state index contributed by atoms with van der Waals surface area (Å²) in [5.74, 6) is -1.59. The van der Waals surface area contributed by atoms with Gasteiger partial charge in [-0.2, -0.15) is 0 Å². The van der Waals surface area contributed by atoms with Crippen LogP contribution in [0.2, 0.25) is 5.02 Å². The second kappa shape index (κ2) is 6.49. The molecule has 0 fully saturated rings. The maximum absolute atomic E-state index is 13.5. The Balaban J connectivity index is 1.77. The standard InChI is InChI=1S/C17H14ClFN2O3/c18-12-9-11(15(19)16(22)23)5-6-13(12)20-17(24)21-8-7-10-3-1-2-4-14(10)21/h1-6,9,15H,7-8H2,(H,20,24)(H,22,23). The molecule has 2 amide bonds. The van der Waals surface area contributed by atoms with Gasteiger partial charge in [-0.05, 0) is 35.7 Å². The summed E-state index contributed by atoms with van der Waals surface area (Å²) in [4.78, 5) is 24.7. The Morgan fingerprint density at radius 1 is 1.25 bits per heavy atom. The molecule has 0 saturated carbocycles. The Morgan fingerprint density at radius 2 is 2.00 bits per heavy atom. The van der Waals surface area contributed by atoms with Gasteiger partial charge in [0.2, 0.25) is 6.17 Å². The van der Waals surface area contributed by atoms with Gasteiger partial charge in [-0.15, -0.1) is 0 Å². The van der Waals surface area contributed by atoms with Crippen molar-refractivity contribution in [1.82, 2.24) is 0 Å². The van der Waals surface area contributed by atoms with Crippen LogP contribution in [0.5, 0.6) is 0 Å². The highest BCUT2D eigenvalue weighted by Gasteiger charge is 2.25. The van der Waals surface area contributed by atoms with Crippen LogP contribution in [0.4, 0.5) is 20.6 Å². The number of carboxylic acid groups (broad SMARTS) is 1. The molecule has 1 unspecified atom stereocenters. The normalized spacial score (nSPS) is 14.2. The third-order valence-corrected chi connectivity index (χ3v) is 4.19. The number of fused-ring (bicyclic) bond motifs is 1. The van der Waals surface area contributed by atoms with Gasteiger partial charge >= 0.3 is 12.0 Å². The molecule has 5 nitrogen and oxygen atoms in total. The van der Waals surface area contributed by atoms with Crippen LogP contribution >= 0.6 is 11.6 Å². The lowest BCUT2D eigenvalue weighted by atomic mass is 10.1. The highest BCUT2D eigenvalue weighted by molar-refractivity contribution is 6.34. The average molecular weight is 349 g/mol. The summed E-state index contributed by atoms with van der Waals surface area (Å²) in [6, 6.07) is 11.2. The predicted octanol–water partition coefficient (Wildman–Crippen LogP) is 4.03. The molecule has 0 aliphatic carbocycles. The van der Waals surface area contributed by atoms with E-state index in [9.17, 15) is 14.0 Å². The van der Waals surface area contributed by atoms with Crippen molar-refractivity contribution in [3.05, 3.63) is 58.6 Å². The van der Waals surface area contributed by atoms with Gasteiger partial charge in [0.25, 0.3) is 0 Å². The number of anilines is 2. The van der Waals surface area contributed by atoms with Gasteiger partial charge in [0.15, 0.2) is 0 Å². The van der Waals surface area contributed by atoms with Gasteiger partial charge < -0.3 is 10.4 Å². The van der Waals surface area contributed by atoms with Crippen LogP contribution in [0, 0.1) is 0 Å². The first kappa shape index (κ1) is 16.3. The molecule has 24 heavy (non-hydrogen) atoms. The summed E-state index contributed by atoms with van der Waals surface area (Å²) in [6.45, 7) is 0.562. The van der Waals surface area contributed by atoms with Crippen molar-refractivity contribution < 1.29 is 19.1 Å². The largest absolute Gasteiger partial charge is 0.479 e. The number of para-hydroxylation sites is 1. The van der Waals surface area contributed by atoms with E-state index in [1.54, 1.807) is 4.90 Å². The Bertz CT molecular complexity index is 812. The Kier molecular flexibility index (Phi) is 4.40. The van der Waals surface area contributed by atoms with E-state index in [0.29, 0.717) is 12.2 Å². The highest BCUT2D eigenvalue weighted by Crippen LogP contribution is 2.31. The molecule has 1 aliphatic heterocycles. The minimum Gasteiger partial charge on any atom is -0.479 e. The Hall–Kier alpha value is -2.60. The number of nitrogens with zero attached hydrogens (tertiary/aromatic N) is 1. The number of alkyl halides is 1. The second-order valence-corrected chi connectivity index (χ2v) is 5.81. The first-order valence-electron chi connectivity index (χ1n) is 7.30. The number of carbonyl (C=O) groups excluding carboxylic acids is 1. The number of hydrogen-bond donors (Lipinski definition) is 2. The van der Waals surface area contributed by atoms with Gasteiger partial charge in [-0.25, -0.2) is 14.0 Å². The first-order valence-corrected chi connectivity index (χ1v) is 7.68. The smallest absolute Gasteiger partial charge is 0.343 e. The van der Waals surface area contributed by atoms with Crippen molar-refractivity contribution in [3.8, 4) is 0 Å². The molecule has 1 aliphatic rings. The van der Waals surface area contributed by atoms with Crippen LogP contribution in [-0.2, 0) is 11.2 Å². The fourth-order valence-electron chi connectivity index (χ4n) is 2.66. The number of aliphatic carboxylic acids is 1. The van der Waals surface area contributed by atoms with E-state index >= 15 is 0 Å². The van der Waals surface area contributed by atoms with E-state index in [1.807, 2.05) is 24.3 Å². The van der Waals surface area contributed by atoms with Gasteiger partial charge in [0.05, 0.1) is 10.7 Å². The molecule has 2 N–H and O–H groups in total. The van der Waals surface area contributed by atoms with Crippen LogP contribution in [0.15, 0.2) is 42.5 Å². The van der Waals surface area contributed by atoms with E-state index in [4.69, 9.17) is 16.7 Å². The number of hydrogen-bond acceptors (Lipinski definition) is 2. The molecule has 3 rings (SSSR count). The molecule has 0 saturated heterocycles. The minimum absolute atomic E-state index is 0.0722. The quantitative estimate of drug-likeness (QED) is 0.879. The van der Waals surface area contributed by atoms with Crippen molar-refractivity contribution in [1.29, 1.82) is 0 Å². The lowest BCUT2D eigenvalue weighted by Gasteiger charge is -2.19. The molecule has 124 valence electrons. The van der Waals surface area contributed by atoms with Crippen LogP contribution in [0.25, 0.3) is 0 Å². The molecule has 0 bridgehead atoms. The van der Waals surface area contributed by atoms with E-state index in [1.165, 1.54) is 18.2 Å². The maximum atomic E-state index is 13.5. The SMILES string of the molecule is O=C(O)C(F)c1ccc(NC(=O)N2CCc3ccccc32)c(Cl)c1. The van der Waals surface area contributed by atoms with Crippen molar-refractivity contribution in [2.75, 3.05) is 16.8 Å². The van der Waals surface area contributed by atoms with Crippen LogP contribution in [-0.4, -0.2) is 23.7 Å². The lowest BCUT2D eigenvalue weighted by Crippen LogP contribution is -2.33. The number of carbonyl (C=O) groups is 2. The zero-order valence-electron chi connectivity index (χ0n) is 12.5. The number of nitrogens with one attached hydrogen (secondary N) is 1. The van der Waals surface area contributed by atoms with Crippen molar-refractivity contribution in [2.24, 2.45) is 0 Å². The number of carboxylic acids is 1. The average Bonchev–Trinajstić information content (AvgIpc) is 3.00. The number of benzene rings is 2. The van der Waals surface area contributed by atoms with Crippen molar-refractivity contribution in [3.63, 3.8) is 0 Å².